The van der Waals surface area contributed by atoms with Gasteiger partial charge in [-0.3, -0.25) is 14.6 Å². The number of hydrogen-bond acceptors (Lipinski definition) is 3. The highest BCUT2D eigenvalue weighted by Crippen LogP contribution is 2.20. The van der Waals surface area contributed by atoms with E-state index < -0.39 is 0 Å². The SMILES string of the molecule is O=C(CNC(=O)c1cccc(Cl)c1)Nc1cccc2cccnc12. The van der Waals surface area contributed by atoms with Gasteiger partial charge in [0.2, 0.25) is 5.91 Å². The normalized spacial score (nSPS) is 10.4. The fourth-order valence-corrected chi connectivity index (χ4v) is 2.48. The fraction of sp³-hybridized carbons (Fsp3) is 0.0556. The Morgan fingerprint density at radius 2 is 1.83 bits per heavy atom. The van der Waals surface area contributed by atoms with Crippen LogP contribution in [0.2, 0.25) is 5.02 Å². The molecule has 1 aromatic heterocycles. The van der Waals surface area contributed by atoms with Crippen LogP contribution in [0.15, 0.2) is 60.8 Å². The largest absolute Gasteiger partial charge is 0.343 e. The third-order valence-corrected chi connectivity index (χ3v) is 3.64. The molecular weight excluding hydrogens is 326 g/mol. The van der Waals surface area contributed by atoms with Gasteiger partial charge in [0.1, 0.15) is 0 Å². The van der Waals surface area contributed by atoms with Crippen LogP contribution in [0.5, 0.6) is 0 Å². The molecule has 0 spiro atoms. The minimum absolute atomic E-state index is 0.144. The van der Waals surface area contributed by atoms with E-state index in [-0.39, 0.29) is 18.4 Å². The summed E-state index contributed by atoms with van der Waals surface area (Å²) < 4.78 is 0. The van der Waals surface area contributed by atoms with Gasteiger partial charge in [-0.2, -0.15) is 0 Å². The van der Waals surface area contributed by atoms with Crippen LogP contribution in [0.3, 0.4) is 0 Å². The average Bonchev–Trinajstić information content (AvgIpc) is 2.60. The molecule has 2 aromatic carbocycles. The Bertz CT molecular complexity index is 906. The van der Waals surface area contributed by atoms with E-state index in [0.29, 0.717) is 21.8 Å². The smallest absolute Gasteiger partial charge is 0.251 e. The molecule has 3 rings (SSSR count). The Hall–Kier alpha value is -2.92. The highest BCUT2D eigenvalue weighted by Gasteiger charge is 2.10. The molecule has 24 heavy (non-hydrogen) atoms. The molecule has 6 heteroatoms. The van der Waals surface area contributed by atoms with Crippen molar-refractivity contribution in [2.24, 2.45) is 0 Å². The summed E-state index contributed by atoms with van der Waals surface area (Å²) in [5.41, 5.74) is 1.71. The van der Waals surface area contributed by atoms with Crippen molar-refractivity contribution in [2.45, 2.75) is 0 Å². The number of rotatable bonds is 4. The van der Waals surface area contributed by atoms with Gasteiger partial charge in [-0.1, -0.05) is 35.9 Å². The predicted molar refractivity (Wildman–Crippen MR) is 94.2 cm³/mol. The first kappa shape index (κ1) is 16.0. The lowest BCUT2D eigenvalue weighted by molar-refractivity contribution is -0.115. The lowest BCUT2D eigenvalue weighted by Gasteiger charge is -2.09. The minimum Gasteiger partial charge on any atom is -0.343 e. The second kappa shape index (κ2) is 7.10. The molecule has 0 fully saturated rings. The van der Waals surface area contributed by atoms with E-state index in [1.54, 1.807) is 36.5 Å². The number of carbonyl (C=O) groups is 2. The van der Waals surface area contributed by atoms with Gasteiger partial charge in [-0.15, -0.1) is 0 Å². The van der Waals surface area contributed by atoms with Crippen molar-refractivity contribution < 1.29 is 9.59 Å². The Morgan fingerprint density at radius 1 is 1.04 bits per heavy atom. The number of amides is 2. The van der Waals surface area contributed by atoms with E-state index in [1.165, 1.54) is 0 Å². The van der Waals surface area contributed by atoms with Crippen molar-refractivity contribution in [1.82, 2.24) is 10.3 Å². The molecule has 0 saturated carbocycles. The molecular formula is C18H14ClN3O2. The number of nitrogens with one attached hydrogen (secondary N) is 2. The molecule has 0 aliphatic heterocycles. The number of anilines is 1. The van der Waals surface area contributed by atoms with E-state index in [4.69, 9.17) is 11.6 Å². The molecule has 0 saturated heterocycles. The van der Waals surface area contributed by atoms with E-state index in [9.17, 15) is 9.59 Å². The molecule has 1 heterocycles. The lowest BCUT2D eigenvalue weighted by Crippen LogP contribution is -2.32. The summed E-state index contributed by atoms with van der Waals surface area (Å²) in [6, 6.07) is 15.8. The number of aromatic nitrogens is 1. The van der Waals surface area contributed by atoms with Crippen LogP contribution in [0.1, 0.15) is 10.4 Å². The van der Waals surface area contributed by atoms with Crippen molar-refractivity contribution in [2.75, 3.05) is 11.9 Å². The van der Waals surface area contributed by atoms with E-state index in [1.807, 2.05) is 24.3 Å². The molecule has 5 nitrogen and oxygen atoms in total. The fourth-order valence-electron chi connectivity index (χ4n) is 2.29. The maximum Gasteiger partial charge on any atom is 0.251 e. The number of pyridine rings is 1. The summed E-state index contributed by atoms with van der Waals surface area (Å²) in [5.74, 6) is -0.688. The molecule has 0 bridgehead atoms. The summed E-state index contributed by atoms with van der Waals surface area (Å²) in [4.78, 5) is 28.4. The first-order chi connectivity index (χ1) is 11.6. The van der Waals surface area contributed by atoms with Gasteiger partial charge in [0.15, 0.2) is 0 Å². The summed E-state index contributed by atoms with van der Waals surface area (Å²) in [5, 5.41) is 6.72. The predicted octanol–water partition coefficient (Wildman–Crippen LogP) is 3.26. The highest BCUT2D eigenvalue weighted by molar-refractivity contribution is 6.31. The van der Waals surface area contributed by atoms with Crippen LogP contribution in [0.4, 0.5) is 5.69 Å². The zero-order chi connectivity index (χ0) is 16.9. The molecule has 3 aromatic rings. The van der Waals surface area contributed by atoms with Crippen molar-refractivity contribution >= 4 is 40.0 Å². The van der Waals surface area contributed by atoms with Crippen molar-refractivity contribution in [3.05, 3.63) is 71.4 Å². The number of benzene rings is 2. The van der Waals surface area contributed by atoms with Crippen LogP contribution in [-0.2, 0) is 4.79 Å². The number of carbonyl (C=O) groups excluding carboxylic acids is 2. The number of para-hydroxylation sites is 1. The Morgan fingerprint density at radius 3 is 2.67 bits per heavy atom. The summed E-state index contributed by atoms with van der Waals surface area (Å²) in [6.45, 7) is -0.144. The van der Waals surface area contributed by atoms with Gasteiger partial charge in [0.25, 0.3) is 5.91 Å². The average molecular weight is 340 g/mol. The second-order valence-electron chi connectivity index (χ2n) is 5.12. The van der Waals surface area contributed by atoms with Gasteiger partial charge < -0.3 is 10.6 Å². The van der Waals surface area contributed by atoms with Gasteiger partial charge in [-0.25, -0.2) is 0 Å². The van der Waals surface area contributed by atoms with Crippen LogP contribution >= 0.6 is 11.6 Å². The number of fused-ring (bicyclic) bond motifs is 1. The quantitative estimate of drug-likeness (QED) is 0.766. The summed E-state index contributed by atoms with van der Waals surface area (Å²) in [6.07, 6.45) is 1.67. The van der Waals surface area contributed by atoms with Crippen LogP contribution in [0, 0.1) is 0 Å². The molecule has 0 aliphatic rings. The van der Waals surface area contributed by atoms with E-state index >= 15 is 0 Å². The van der Waals surface area contributed by atoms with Crippen LogP contribution in [0.25, 0.3) is 10.9 Å². The van der Waals surface area contributed by atoms with Gasteiger partial charge in [0.05, 0.1) is 17.7 Å². The van der Waals surface area contributed by atoms with Gasteiger partial charge in [0, 0.05) is 22.2 Å². The Labute approximate surface area is 143 Å². The Kier molecular flexibility index (Phi) is 4.72. The molecule has 2 amide bonds. The van der Waals surface area contributed by atoms with Gasteiger partial charge in [-0.05, 0) is 30.3 Å². The lowest BCUT2D eigenvalue weighted by atomic mass is 10.2. The van der Waals surface area contributed by atoms with Gasteiger partial charge >= 0.3 is 0 Å². The zero-order valence-electron chi connectivity index (χ0n) is 12.6. The van der Waals surface area contributed by atoms with Crippen molar-refractivity contribution in [3.8, 4) is 0 Å². The van der Waals surface area contributed by atoms with E-state index in [0.717, 1.165) is 5.39 Å². The maximum absolute atomic E-state index is 12.1. The number of halogens is 1. The second-order valence-corrected chi connectivity index (χ2v) is 5.56. The maximum atomic E-state index is 12.1. The summed E-state index contributed by atoms with van der Waals surface area (Å²) in [7, 11) is 0. The molecule has 0 atom stereocenters. The molecule has 0 radical (unpaired) electrons. The third-order valence-electron chi connectivity index (χ3n) is 3.40. The molecule has 2 N–H and O–H groups in total. The van der Waals surface area contributed by atoms with E-state index in [2.05, 4.69) is 15.6 Å². The molecule has 0 aliphatic carbocycles. The van der Waals surface area contributed by atoms with Crippen LogP contribution in [-0.4, -0.2) is 23.3 Å². The molecule has 0 unspecified atom stereocenters. The molecule has 120 valence electrons. The zero-order valence-corrected chi connectivity index (χ0v) is 13.4. The summed E-state index contributed by atoms with van der Waals surface area (Å²) >= 11 is 5.85. The van der Waals surface area contributed by atoms with Crippen LogP contribution < -0.4 is 10.6 Å². The Balaban J connectivity index is 1.64. The number of hydrogen-bond donors (Lipinski definition) is 2. The first-order valence-electron chi connectivity index (χ1n) is 7.31. The topological polar surface area (TPSA) is 71.1 Å². The highest BCUT2D eigenvalue weighted by atomic mass is 35.5. The third kappa shape index (κ3) is 3.70. The van der Waals surface area contributed by atoms with Crippen molar-refractivity contribution in [3.63, 3.8) is 0 Å². The monoisotopic (exact) mass is 339 g/mol. The first-order valence-corrected chi connectivity index (χ1v) is 7.68. The minimum atomic E-state index is -0.358. The standard InChI is InChI=1S/C18H14ClN3O2/c19-14-7-1-5-13(10-14)18(24)21-11-16(23)22-15-8-2-4-12-6-3-9-20-17(12)15/h1-10H,11H2,(H,21,24)(H,22,23). The number of nitrogens with zero attached hydrogens (tertiary/aromatic N) is 1. The van der Waals surface area contributed by atoms with Crippen molar-refractivity contribution in [1.29, 1.82) is 0 Å².